The van der Waals surface area contributed by atoms with Crippen molar-refractivity contribution in [2.75, 3.05) is 6.61 Å². The summed E-state index contributed by atoms with van der Waals surface area (Å²) in [6, 6.07) is 2.01. The Kier molecular flexibility index (Phi) is 4.12. The Hall–Kier alpha value is -2.49. The molecular formula is C18H20N4O3. The van der Waals surface area contributed by atoms with Gasteiger partial charge in [-0.2, -0.15) is 5.26 Å². The van der Waals surface area contributed by atoms with E-state index in [9.17, 15) is 9.59 Å². The van der Waals surface area contributed by atoms with Crippen molar-refractivity contribution in [3.8, 4) is 6.07 Å². The number of ether oxygens (including phenoxy) is 1. The average Bonchev–Trinajstić information content (AvgIpc) is 2.62. The number of hydrogen-bond donors (Lipinski definition) is 1. The lowest BCUT2D eigenvalue weighted by Crippen LogP contribution is -2.56. The smallest absolute Gasteiger partial charge is 0.341 e. The lowest BCUT2D eigenvalue weighted by Gasteiger charge is -2.54. The predicted molar refractivity (Wildman–Crippen MR) is 86.0 cm³/mol. The molecule has 0 aliphatic heterocycles. The molecule has 7 nitrogen and oxygen atoms in total. The van der Waals surface area contributed by atoms with Gasteiger partial charge in [-0.3, -0.25) is 4.79 Å². The van der Waals surface area contributed by atoms with Crippen LogP contribution in [0, 0.1) is 35.0 Å². The average molecular weight is 340 g/mol. The van der Waals surface area contributed by atoms with Gasteiger partial charge >= 0.3 is 5.97 Å². The number of amides is 1. The Balaban J connectivity index is 1.29. The fraction of sp³-hybridized carbons (Fsp3) is 0.611. The number of carbonyl (C=O) groups is 2. The zero-order valence-electron chi connectivity index (χ0n) is 13.9. The molecule has 1 aromatic heterocycles. The highest BCUT2D eigenvalue weighted by Crippen LogP contribution is 2.53. The van der Waals surface area contributed by atoms with Gasteiger partial charge in [0, 0.05) is 18.4 Å². The molecule has 1 heterocycles. The third kappa shape index (κ3) is 3.21. The van der Waals surface area contributed by atoms with Gasteiger partial charge in [0.1, 0.15) is 6.07 Å². The van der Waals surface area contributed by atoms with Crippen molar-refractivity contribution in [1.29, 1.82) is 5.26 Å². The highest BCUT2D eigenvalue weighted by atomic mass is 16.5. The van der Waals surface area contributed by atoms with Gasteiger partial charge in [-0.05, 0) is 55.8 Å². The summed E-state index contributed by atoms with van der Waals surface area (Å²) in [5, 5.41) is 11.7. The first-order valence-corrected chi connectivity index (χ1v) is 8.81. The van der Waals surface area contributed by atoms with Crippen LogP contribution in [0.4, 0.5) is 0 Å². The number of rotatable bonds is 4. The lowest BCUT2D eigenvalue weighted by molar-refractivity contribution is -0.128. The summed E-state index contributed by atoms with van der Waals surface area (Å²) >= 11 is 0. The van der Waals surface area contributed by atoms with Gasteiger partial charge in [0.15, 0.2) is 6.61 Å². The summed E-state index contributed by atoms with van der Waals surface area (Å²) < 4.78 is 5.04. The van der Waals surface area contributed by atoms with Crippen molar-refractivity contribution in [2.24, 2.45) is 23.7 Å². The minimum absolute atomic E-state index is 0.0174. The third-order valence-electron chi connectivity index (χ3n) is 5.88. The first-order chi connectivity index (χ1) is 12.1. The maximum atomic E-state index is 12.2. The molecule has 1 aromatic rings. The van der Waals surface area contributed by atoms with Crippen molar-refractivity contribution >= 4 is 11.9 Å². The van der Waals surface area contributed by atoms with Crippen LogP contribution in [0.25, 0.3) is 0 Å². The van der Waals surface area contributed by atoms with E-state index in [1.165, 1.54) is 44.5 Å². The van der Waals surface area contributed by atoms with Crippen LogP contribution >= 0.6 is 0 Å². The Labute approximate surface area is 145 Å². The van der Waals surface area contributed by atoms with Gasteiger partial charge in [0.05, 0.1) is 5.56 Å². The molecule has 0 radical (unpaired) electrons. The number of nitrogens with zero attached hydrogens (tertiary/aromatic N) is 3. The number of nitriles is 1. The Bertz CT molecular complexity index is 697. The zero-order valence-corrected chi connectivity index (χ0v) is 13.9. The molecule has 0 atom stereocenters. The Morgan fingerprint density at radius 3 is 2.28 bits per heavy atom. The van der Waals surface area contributed by atoms with Crippen molar-refractivity contribution in [2.45, 2.75) is 38.1 Å². The fourth-order valence-electron chi connectivity index (χ4n) is 5.09. The van der Waals surface area contributed by atoms with Crippen molar-refractivity contribution in [3.63, 3.8) is 0 Å². The molecule has 4 fully saturated rings. The predicted octanol–water partition coefficient (Wildman–Crippen LogP) is 1.45. The Morgan fingerprint density at radius 1 is 1.12 bits per heavy atom. The van der Waals surface area contributed by atoms with Crippen molar-refractivity contribution in [1.82, 2.24) is 15.3 Å². The molecule has 4 bridgehead atoms. The highest BCUT2D eigenvalue weighted by molar-refractivity contribution is 5.90. The molecule has 1 amide bonds. The van der Waals surface area contributed by atoms with E-state index in [1.807, 2.05) is 0 Å². The molecule has 4 aliphatic carbocycles. The molecule has 4 aliphatic rings. The van der Waals surface area contributed by atoms with E-state index in [-0.39, 0.29) is 29.9 Å². The second-order valence-electron chi connectivity index (χ2n) is 7.51. The fourth-order valence-corrected chi connectivity index (χ4v) is 5.09. The van der Waals surface area contributed by atoms with E-state index in [0.717, 1.165) is 11.8 Å². The van der Waals surface area contributed by atoms with E-state index in [1.54, 1.807) is 6.07 Å². The summed E-state index contributed by atoms with van der Waals surface area (Å²) in [5.74, 6) is 1.95. The number of carbonyl (C=O) groups excluding carboxylic acids is 2. The van der Waals surface area contributed by atoms with Crippen LogP contribution in [-0.4, -0.2) is 34.5 Å². The lowest BCUT2D eigenvalue weighted by atomic mass is 9.54. The number of aromatic nitrogens is 2. The number of esters is 1. The van der Waals surface area contributed by atoms with Crippen LogP contribution in [0.2, 0.25) is 0 Å². The van der Waals surface area contributed by atoms with E-state index in [4.69, 9.17) is 10.00 Å². The van der Waals surface area contributed by atoms with E-state index in [2.05, 4.69) is 15.3 Å². The zero-order chi connectivity index (χ0) is 17.4. The molecule has 0 unspecified atom stereocenters. The molecule has 1 N–H and O–H groups in total. The topological polar surface area (TPSA) is 105 Å². The SMILES string of the molecule is N#Cc1ncc(C(=O)OCC(=O)NC2C3CC4CC(C3)CC2C4)cn1. The first-order valence-electron chi connectivity index (χ1n) is 8.81. The molecule has 0 aromatic carbocycles. The molecule has 0 spiro atoms. The maximum Gasteiger partial charge on any atom is 0.341 e. The molecule has 4 saturated carbocycles. The largest absolute Gasteiger partial charge is 0.452 e. The van der Waals surface area contributed by atoms with Gasteiger partial charge in [-0.25, -0.2) is 14.8 Å². The van der Waals surface area contributed by atoms with Gasteiger partial charge in [-0.15, -0.1) is 0 Å². The van der Waals surface area contributed by atoms with Crippen LogP contribution in [0.3, 0.4) is 0 Å². The van der Waals surface area contributed by atoms with Gasteiger partial charge in [-0.1, -0.05) is 0 Å². The second kappa shape index (κ2) is 6.43. The molecule has 7 heteroatoms. The monoisotopic (exact) mass is 340 g/mol. The molecule has 25 heavy (non-hydrogen) atoms. The first kappa shape index (κ1) is 16.0. The summed E-state index contributed by atoms with van der Waals surface area (Å²) in [5.41, 5.74) is 0.126. The molecular weight excluding hydrogens is 320 g/mol. The minimum atomic E-state index is -0.662. The maximum absolute atomic E-state index is 12.2. The van der Waals surface area contributed by atoms with Gasteiger partial charge < -0.3 is 10.1 Å². The Morgan fingerprint density at radius 2 is 1.72 bits per heavy atom. The third-order valence-corrected chi connectivity index (χ3v) is 5.88. The summed E-state index contributed by atoms with van der Waals surface area (Å²) in [6.45, 7) is -0.304. The summed E-state index contributed by atoms with van der Waals surface area (Å²) in [7, 11) is 0. The number of nitrogens with one attached hydrogen (secondary N) is 1. The van der Waals surface area contributed by atoms with Crippen LogP contribution in [0.1, 0.15) is 48.3 Å². The van der Waals surface area contributed by atoms with Crippen LogP contribution in [0.15, 0.2) is 12.4 Å². The van der Waals surface area contributed by atoms with Crippen molar-refractivity contribution < 1.29 is 14.3 Å². The van der Waals surface area contributed by atoms with Crippen LogP contribution < -0.4 is 5.32 Å². The standard InChI is InChI=1S/C18H20N4O3/c19-6-15-20-7-14(8-21-15)18(24)25-9-16(23)22-17-12-2-10-1-11(4-12)5-13(17)3-10/h7-8,10-13,17H,1-5,9H2,(H,22,23). The molecule has 0 saturated heterocycles. The van der Waals surface area contributed by atoms with E-state index < -0.39 is 5.97 Å². The normalized spacial score (nSPS) is 32.0. The van der Waals surface area contributed by atoms with Crippen LogP contribution in [-0.2, 0) is 9.53 Å². The molecule has 5 rings (SSSR count). The summed E-state index contributed by atoms with van der Waals surface area (Å²) in [6.07, 6.45) is 8.71. The number of hydrogen-bond acceptors (Lipinski definition) is 6. The summed E-state index contributed by atoms with van der Waals surface area (Å²) in [4.78, 5) is 31.6. The van der Waals surface area contributed by atoms with Crippen LogP contribution in [0.5, 0.6) is 0 Å². The van der Waals surface area contributed by atoms with Crippen molar-refractivity contribution in [3.05, 3.63) is 23.8 Å². The van der Waals surface area contributed by atoms with E-state index in [0.29, 0.717) is 11.8 Å². The van der Waals surface area contributed by atoms with Gasteiger partial charge in [0.25, 0.3) is 5.91 Å². The molecule has 130 valence electrons. The highest BCUT2D eigenvalue weighted by Gasteiger charge is 2.48. The quantitative estimate of drug-likeness (QED) is 0.832. The second-order valence-corrected chi connectivity index (χ2v) is 7.51. The minimum Gasteiger partial charge on any atom is -0.452 e. The van der Waals surface area contributed by atoms with Gasteiger partial charge in [0.2, 0.25) is 5.82 Å². The van der Waals surface area contributed by atoms with E-state index >= 15 is 0 Å².